The van der Waals surface area contributed by atoms with Crippen LogP contribution in [-0.2, 0) is 64.6 Å². The van der Waals surface area contributed by atoms with Crippen molar-refractivity contribution >= 4 is 68.4 Å². The molecule has 3 fully saturated rings. The van der Waals surface area contributed by atoms with E-state index in [9.17, 15) is 43.6 Å². The maximum atomic E-state index is 12.8. The minimum Gasteiger partial charge on any atom is -0.756 e. The van der Waals surface area contributed by atoms with Crippen molar-refractivity contribution < 1.29 is 75.2 Å². The molecule has 31 heteroatoms. The number of H-pyrrole nitrogens is 2. The van der Waals surface area contributed by atoms with Crippen molar-refractivity contribution in [3.63, 3.8) is 0 Å². The molecule has 4 aromatic heterocycles. The largest absolute Gasteiger partial charge is 0.756 e. The Morgan fingerprint density at radius 1 is 1.00 bits per heavy atom. The number of hydrogen-bond donors (Lipinski definition) is 8. The molecule has 7 rings (SSSR count). The van der Waals surface area contributed by atoms with Gasteiger partial charge in [-0.05, 0) is 25.7 Å². The summed E-state index contributed by atoms with van der Waals surface area (Å²) in [7, 11) is -9.56. The van der Waals surface area contributed by atoms with Crippen molar-refractivity contribution in [2.45, 2.75) is 68.7 Å². The van der Waals surface area contributed by atoms with E-state index in [4.69, 9.17) is 39.5 Å². The van der Waals surface area contributed by atoms with E-state index in [1.165, 1.54) is 15.5 Å². The van der Waals surface area contributed by atoms with Gasteiger partial charge in [0.25, 0.3) is 24.9 Å². The number of aryl methyl sites for hydroxylation is 1. The third-order valence-electron chi connectivity index (χ3n) is 8.46. The monoisotopic (exact) mass is 858 g/mol. The highest BCUT2D eigenvalue weighted by Crippen LogP contribution is 2.67. The molecule has 3 saturated heterocycles. The lowest BCUT2D eigenvalue weighted by Crippen LogP contribution is -2.46. The van der Waals surface area contributed by atoms with Gasteiger partial charge in [-0.1, -0.05) is 4.98 Å². The number of aromatic nitrogens is 8. The summed E-state index contributed by atoms with van der Waals surface area (Å²) in [6.07, 6.45) is -8.00. The van der Waals surface area contributed by atoms with E-state index in [0.717, 1.165) is 10.9 Å². The molecule has 3 unspecified atom stereocenters. The number of aromatic amines is 2. The van der Waals surface area contributed by atoms with Crippen molar-refractivity contribution in [1.82, 2.24) is 34.1 Å². The van der Waals surface area contributed by atoms with Gasteiger partial charge in [0.1, 0.15) is 36.6 Å². The van der Waals surface area contributed by atoms with Crippen LogP contribution < -0.4 is 32.0 Å². The lowest BCUT2D eigenvalue weighted by atomic mass is 10.1. The van der Waals surface area contributed by atoms with Crippen LogP contribution in [0.15, 0.2) is 22.2 Å². The highest BCUT2D eigenvalue weighted by atomic mass is 32.5. The van der Waals surface area contributed by atoms with Crippen LogP contribution in [0.25, 0.3) is 22.3 Å². The van der Waals surface area contributed by atoms with E-state index in [-0.39, 0.29) is 34.2 Å². The maximum Gasteiger partial charge on any atom is 0.479 e. The fourth-order valence-electron chi connectivity index (χ4n) is 6.35. The second kappa shape index (κ2) is 14.1. The fraction of sp³-hybridized carbons (Fsp3) is 0.583. The Hall–Kier alpha value is -3.11. The van der Waals surface area contributed by atoms with Crippen molar-refractivity contribution in [2.24, 2.45) is 7.05 Å². The second-order valence-corrected chi connectivity index (χ2v) is 18.8. The number of nitrogen functional groups attached to an aromatic ring is 2. The lowest BCUT2D eigenvalue weighted by molar-refractivity contribution is -0.746. The maximum absolute atomic E-state index is 12.8. The molecule has 4 aromatic rings. The SMILES string of the molecule is Cn1c[n+]([C@@H]2O[C@H](COP(=O)([O-])OP(O)(=S)OP(=O)(O)OC[C@H]3O[C@@H](n4cnc5c(=O)[nH]c(N)nc54)[C@H](O)[C@@H]3O)[C@@H]3OC(C)(C)O[C@H]32)c2nc(N)[nH]c(=O)c21. The van der Waals surface area contributed by atoms with Crippen molar-refractivity contribution in [1.29, 1.82) is 0 Å². The van der Waals surface area contributed by atoms with Gasteiger partial charge in [-0.2, -0.15) is 4.98 Å². The zero-order valence-corrected chi connectivity index (χ0v) is 31.9. The van der Waals surface area contributed by atoms with E-state index in [1.807, 2.05) is 0 Å². The molecule has 0 spiro atoms. The number of aliphatic hydroxyl groups is 2. The van der Waals surface area contributed by atoms with E-state index in [1.54, 1.807) is 20.9 Å². The number of anilines is 2. The van der Waals surface area contributed by atoms with Crippen molar-refractivity contribution in [3.8, 4) is 0 Å². The van der Waals surface area contributed by atoms with Crippen LogP contribution in [0.3, 0.4) is 0 Å². The molecule has 10 N–H and O–H groups in total. The molecule has 0 bridgehead atoms. The van der Waals surface area contributed by atoms with Crippen LogP contribution in [-0.4, -0.2) is 110 Å². The molecular formula is C24H33N10O17P3S. The number of phosphoric ester groups is 2. The number of phosphoric acid groups is 2. The van der Waals surface area contributed by atoms with Gasteiger partial charge in [0.05, 0.1) is 26.6 Å². The van der Waals surface area contributed by atoms with Gasteiger partial charge in [0.15, 0.2) is 29.5 Å². The summed E-state index contributed by atoms with van der Waals surface area (Å²) in [6.45, 7) is -3.79. The van der Waals surface area contributed by atoms with E-state index < -0.39 is 102 Å². The Morgan fingerprint density at radius 2 is 1.65 bits per heavy atom. The molecule has 3 aliphatic rings. The molecule has 0 aromatic carbocycles. The van der Waals surface area contributed by atoms with Gasteiger partial charge < -0.3 is 59.8 Å². The molecule has 0 saturated carbocycles. The lowest BCUT2D eigenvalue weighted by Gasteiger charge is -2.29. The summed E-state index contributed by atoms with van der Waals surface area (Å²) in [5.41, 5.74) is 10.1. The van der Waals surface area contributed by atoms with Crippen LogP contribution >= 0.6 is 22.4 Å². The van der Waals surface area contributed by atoms with Crippen LogP contribution in [0.1, 0.15) is 26.3 Å². The molecule has 3 aliphatic heterocycles. The average Bonchev–Trinajstić information content (AvgIpc) is 3.83. The number of fused-ring (bicyclic) bond motifs is 3. The summed E-state index contributed by atoms with van der Waals surface area (Å²) in [6, 6.07) is 0. The number of ether oxygens (including phenoxy) is 4. The Morgan fingerprint density at radius 3 is 2.38 bits per heavy atom. The molecule has 27 nitrogen and oxygen atoms in total. The molecule has 55 heavy (non-hydrogen) atoms. The summed E-state index contributed by atoms with van der Waals surface area (Å²) in [4.78, 5) is 74.8. The first-order chi connectivity index (χ1) is 25.5. The van der Waals surface area contributed by atoms with Gasteiger partial charge in [-0.15, -0.1) is 0 Å². The van der Waals surface area contributed by atoms with Crippen molar-refractivity contribution in [2.75, 3.05) is 24.7 Å². The number of rotatable bonds is 12. The molecule has 0 aliphatic carbocycles. The highest BCUT2D eigenvalue weighted by Gasteiger charge is 2.58. The minimum atomic E-state index is -5.66. The van der Waals surface area contributed by atoms with Gasteiger partial charge in [0.2, 0.25) is 17.7 Å². The number of imidazole rings is 2. The number of nitrogens with one attached hydrogen (secondary N) is 2. The van der Waals surface area contributed by atoms with E-state index in [2.05, 4.69) is 45.3 Å². The number of hydrogen-bond acceptors (Lipinski definition) is 21. The van der Waals surface area contributed by atoms with E-state index >= 15 is 0 Å². The topological polar surface area (TPSA) is 382 Å². The standard InChI is InChI=1S/C24H33N10O17P3S/c1-24(2)48-14-9(47-21(15(14)49-24)34-7-32(3)11-17(34)29-23(26)31-19(11)38)5-45-53(41,42)51-54(43,55)50-52(39,40)44-4-8-12(35)13(36)20(46-8)33-6-27-10-16(33)28-22(25)30-18(10)37/h6-9,12-15,20-21,35-36H,4-5H2,1-3H3,(H8-,25,26,28,29,30,31,37,38,39,40,41,42,43,55)/t8-,9-,12-,13-,14+,15-,20-,21-,54?/m1/s1. The zero-order valence-electron chi connectivity index (χ0n) is 28.4. The van der Waals surface area contributed by atoms with Crippen LogP contribution in [0.5, 0.6) is 0 Å². The van der Waals surface area contributed by atoms with Crippen LogP contribution in [0.4, 0.5) is 11.9 Å². The quantitative estimate of drug-likeness (QED) is 0.0512. The summed E-state index contributed by atoms with van der Waals surface area (Å²) >= 11 is 4.63. The Balaban J connectivity index is 0.978. The van der Waals surface area contributed by atoms with Gasteiger partial charge in [-0.25, -0.2) is 22.7 Å². The number of aliphatic hydroxyl groups excluding tert-OH is 2. The Labute approximate surface area is 311 Å². The zero-order chi connectivity index (χ0) is 40.0. The van der Waals surface area contributed by atoms with Gasteiger partial charge >= 0.3 is 20.2 Å². The molecule has 11 atom stereocenters. The average molecular weight is 859 g/mol. The summed E-state index contributed by atoms with van der Waals surface area (Å²) in [5, 5.41) is 21.1. The third-order valence-corrected chi connectivity index (χ3v) is 13.9. The first kappa shape index (κ1) is 40.1. The number of nitrogens with zero attached hydrogens (tertiary/aromatic N) is 6. The molecule has 302 valence electrons. The van der Waals surface area contributed by atoms with Crippen molar-refractivity contribution in [3.05, 3.63) is 33.4 Å². The third kappa shape index (κ3) is 7.93. The van der Waals surface area contributed by atoms with Gasteiger partial charge in [-0.3, -0.25) is 37.8 Å². The first-order valence-corrected chi connectivity index (χ1v) is 21.3. The van der Waals surface area contributed by atoms with Crippen LogP contribution in [0.2, 0.25) is 0 Å². The Kier molecular flexibility index (Phi) is 10.3. The molecular weight excluding hydrogens is 825 g/mol. The van der Waals surface area contributed by atoms with E-state index in [0.29, 0.717) is 0 Å². The normalized spacial score (nSPS) is 31.1. The molecule has 0 radical (unpaired) electrons. The summed E-state index contributed by atoms with van der Waals surface area (Å²) in [5.74, 6) is -1.64. The predicted molar refractivity (Wildman–Crippen MR) is 180 cm³/mol. The van der Waals surface area contributed by atoms with Crippen LogP contribution in [0, 0.1) is 0 Å². The molecule has 0 amide bonds. The number of nitrogens with two attached hydrogens (primary N) is 2. The van der Waals surface area contributed by atoms with Gasteiger partial charge in [0, 0.05) is 0 Å². The Bertz CT molecular complexity index is 2420. The summed E-state index contributed by atoms with van der Waals surface area (Å²) < 4.78 is 71.7. The minimum absolute atomic E-state index is 0.117. The predicted octanol–water partition coefficient (Wildman–Crippen LogP) is -3.26. The molecule has 7 heterocycles. The second-order valence-electron chi connectivity index (χ2n) is 12.8. The first-order valence-electron chi connectivity index (χ1n) is 15.7. The smallest absolute Gasteiger partial charge is 0.479 e. The fourth-order valence-corrected chi connectivity index (χ4v) is 11.3. The highest BCUT2D eigenvalue weighted by molar-refractivity contribution is 8.09.